The molecular formula is C26H21N. The Labute approximate surface area is 160 Å². The number of anilines is 1. The molecule has 0 fully saturated rings. The van der Waals surface area contributed by atoms with Crippen LogP contribution in [0.25, 0.3) is 34.4 Å². The fourth-order valence-electron chi connectivity index (χ4n) is 3.36. The highest BCUT2D eigenvalue weighted by Crippen LogP contribution is 2.39. The van der Waals surface area contributed by atoms with Gasteiger partial charge in [-0.2, -0.15) is 0 Å². The van der Waals surface area contributed by atoms with Crippen LogP contribution < -0.4 is 5.73 Å². The molecule has 0 unspecified atom stereocenters. The third-order valence-corrected chi connectivity index (χ3v) is 4.65. The first-order chi connectivity index (χ1) is 13.3. The van der Waals surface area contributed by atoms with Crippen LogP contribution in [-0.4, -0.2) is 0 Å². The average molecular weight is 347 g/mol. The van der Waals surface area contributed by atoms with E-state index in [-0.39, 0.29) is 0 Å². The van der Waals surface area contributed by atoms with Crippen molar-refractivity contribution in [3.8, 4) is 22.3 Å². The molecule has 0 aliphatic rings. The highest BCUT2D eigenvalue weighted by Gasteiger charge is 2.14. The Kier molecular flexibility index (Phi) is 4.84. The molecule has 0 aliphatic carbocycles. The van der Waals surface area contributed by atoms with Gasteiger partial charge in [0, 0.05) is 11.3 Å². The molecule has 2 N–H and O–H groups in total. The molecule has 4 rings (SSSR count). The Morgan fingerprint density at radius 1 is 0.481 bits per heavy atom. The van der Waals surface area contributed by atoms with E-state index in [0.717, 1.165) is 33.5 Å². The van der Waals surface area contributed by atoms with Gasteiger partial charge in [-0.25, -0.2) is 0 Å². The highest BCUT2D eigenvalue weighted by atomic mass is 14.6. The molecule has 0 saturated heterocycles. The summed E-state index contributed by atoms with van der Waals surface area (Å²) in [7, 11) is 0. The van der Waals surface area contributed by atoms with Crippen molar-refractivity contribution < 1.29 is 0 Å². The summed E-state index contributed by atoms with van der Waals surface area (Å²) in [6.45, 7) is 0. The lowest BCUT2D eigenvalue weighted by Crippen LogP contribution is -1.96. The van der Waals surface area contributed by atoms with Gasteiger partial charge in [0.25, 0.3) is 0 Å². The largest absolute Gasteiger partial charge is 0.398 e. The molecule has 27 heavy (non-hydrogen) atoms. The zero-order valence-electron chi connectivity index (χ0n) is 15.0. The van der Waals surface area contributed by atoms with Crippen LogP contribution in [0.2, 0.25) is 0 Å². The van der Waals surface area contributed by atoms with Gasteiger partial charge in [0.2, 0.25) is 0 Å². The fourth-order valence-corrected chi connectivity index (χ4v) is 3.36. The second kappa shape index (κ2) is 7.76. The Bertz CT molecular complexity index is 1050. The van der Waals surface area contributed by atoms with E-state index in [0.29, 0.717) is 0 Å². The monoisotopic (exact) mass is 347 g/mol. The number of benzene rings is 4. The minimum absolute atomic E-state index is 0.789. The topological polar surface area (TPSA) is 26.0 Å². The molecule has 0 atom stereocenters. The molecule has 4 aromatic rings. The third kappa shape index (κ3) is 3.68. The van der Waals surface area contributed by atoms with Crippen LogP contribution >= 0.6 is 0 Å². The van der Waals surface area contributed by atoms with Gasteiger partial charge in [0.05, 0.1) is 0 Å². The number of rotatable bonds is 4. The third-order valence-electron chi connectivity index (χ3n) is 4.65. The van der Waals surface area contributed by atoms with Gasteiger partial charge in [-0.05, 0) is 33.9 Å². The van der Waals surface area contributed by atoms with Gasteiger partial charge in [0.15, 0.2) is 0 Å². The number of nitrogen functional groups attached to an aromatic ring is 1. The summed E-state index contributed by atoms with van der Waals surface area (Å²) < 4.78 is 0. The van der Waals surface area contributed by atoms with Crippen molar-refractivity contribution in [3.05, 3.63) is 114 Å². The second-order valence-electron chi connectivity index (χ2n) is 6.47. The summed E-state index contributed by atoms with van der Waals surface area (Å²) in [5, 5.41) is 0. The average Bonchev–Trinajstić information content (AvgIpc) is 2.74. The Morgan fingerprint density at radius 3 is 1.59 bits per heavy atom. The van der Waals surface area contributed by atoms with Gasteiger partial charge >= 0.3 is 0 Å². The van der Waals surface area contributed by atoms with Crippen LogP contribution in [0.4, 0.5) is 5.69 Å². The van der Waals surface area contributed by atoms with Gasteiger partial charge in [0.1, 0.15) is 0 Å². The normalized spacial score (nSPS) is 11.0. The Hall–Kier alpha value is -3.58. The fraction of sp³-hybridized carbons (Fsp3) is 0. The van der Waals surface area contributed by atoms with Gasteiger partial charge in [-0.15, -0.1) is 0 Å². The molecule has 0 heterocycles. The van der Waals surface area contributed by atoms with E-state index in [4.69, 9.17) is 5.73 Å². The van der Waals surface area contributed by atoms with E-state index >= 15 is 0 Å². The maximum absolute atomic E-state index is 6.44. The van der Waals surface area contributed by atoms with Crippen molar-refractivity contribution in [1.82, 2.24) is 0 Å². The Balaban J connectivity index is 1.93. The molecule has 0 aliphatic heterocycles. The summed E-state index contributed by atoms with van der Waals surface area (Å²) in [4.78, 5) is 0. The molecule has 4 aromatic carbocycles. The van der Waals surface area contributed by atoms with Crippen LogP contribution in [0.5, 0.6) is 0 Å². The van der Waals surface area contributed by atoms with Crippen LogP contribution in [0.3, 0.4) is 0 Å². The molecule has 0 amide bonds. The molecule has 0 radical (unpaired) electrons. The molecule has 130 valence electrons. The zero-order valence-corrected chi connectivity index (χ0v) is 15.0. The summed E-state index contributed by atoms with van der Waals surface area (Å²) in [6, 6.07) is 35.3. The van der Waals surface area contributed by atoms with Crippen LogP contribution in [0.1, 0.15) is 11.1 Å². The maximum atomic E-state index is 6.44. The van der Waals surface area contributed by atoms with Gasteiger partial charge < -0.3 is 5.73 Å². The zero-order chi connectivity index (χ0) is 18.5. The van der Waals surface area contributed by atoms with E-state index in [2.05, 4.69) is 91.0 Å². The van der Waals surface area contributed by atoms with Crippen molar-refractivity contribution in [2.24, 2.45) is 0 Å². The lowest BCUT2D eigenvalue weighted by Gasteiger charge is -2.16. The molecule has 1 nitrogen and oxygen atoms in total. The van der Waals surface area contributed by atoms with Crippen molar-refractivity contribution >= 4 is 17.8 Å². The van der Waals surface area contributed by atoms with E-state index in [1.165, 1.54) is 5.56 Å². The van der Waals surface area contributed by atoms with Gasteiger partial charge in [-0.3, -0.25) is 0 Å². The summed E-state index contributed by atoms with van der Waals surface area (Å²) >= 11 is 0. The van der Waals surface area contributed by atoms with E-state index in [9.17, 15) is 0 Å². The first kappa shape index (κ1) is 16.9. The Morgan fingerprint density at radius 2 is 1.00 bits per heavy atom. The minimum atomic E-state index is 0.789. The highest BCUT2D eigenvalue weighted by molar-refractivity contribution is 5.96. The first-order valence-electron chi connectivity index (χ1n) is 9.09. The van der Waals surface area contributed by atoms with E-state index < -0.39 is 0 Å². The van der Waals surface area contributed by atoms with Crippen molar-refractivity contribution in [3.63, 3.8) is 0 Å². The van der Waals surface area contributed by atoms with Crippen molar-refractivity contribution in [1.29, 1.82) is 0 Å². The number of hydrogen-bond donors (Lipinski definition) is 1. The summed E-state index contributed by atoms with van der Waals surface area (Å²) in [5.74, 6) is 0. The lowest BCUT2D eigenvalue weighted by molar-refractivity contribution is 1.56. The molecule has 0 bridgehead atoms. The molecule has 0 spiro atoms. The predicted molar refractivity (Wildman–Crippen MR) is 117 cm³/mol. The van der Waals surface area contributed by atoms with Crippen LogP contribution in [0.15, 0.2) is 103 Å². The predicted octanol–water partition coefficient (Wildman–Crippen LogP) is 6.77. The van der Waals surface area contributed by atoms with Crippen molar-refractivity contribution in [2.45, 2.75) is 0 Å². The quantitative estimate of drug-likeness (QED) is 0.320. The number of hydrogen-bond acceptors (Lipinski definition) is 1. The molecule has 1 heteroatoms. The summed E-state index contributed by atoms with van der Waals surface area (Å²) in [6.07, 6.45) is 4.32. The second-order valence-corrected chi connectivity index (χ2v) is 6.47. The van der Waals surface area contributed by atoms with Crippen LogP contribution in [-0.2, 0) is 0 Å². The summed E-state index contributed by atoms with van der Waals surface area (Å²) in [5.41, 5.74) is 14.1. The van der Waals surface area contributed by atoms with E-state index in [1.807, 2.05) is 24.3 Å². The molecule has 0 saturated carbocycles. The number of nitrogens with two attached hydrogens (primary N) is 1. The van der Waals surface area contributed by atoms with E-state index in [1.54, 1.807) is 0 Å². The SMILES string of the molecule is Nc1ccc(C=Cc2ccccc2)c(-c2ccccc2)c1-c1ccccc1. The first-order valence-corrected chi connectivity index (χ1v) is 9.09. The van der Waals surface area contributed by atoms with Crippen molar-refractivity contribution in [2.75, 3.05) is 5.73 Å². The van der Waals surface area contributed by atoms with Gasteiger partial charge in [-0.1, -0.05) is 109 Å². The molecular weight excluding hydrogens is 326 g/mol. The lowest BCUT2D eigenvalue weighted by atomic mass is 9.89. The molecule has 0 aromatic heterocycles. The minimum Gasteiger partial charge on any atom is -0.398 e. The van der Waals surface area contributed by atoms with Crippen LogP contribution in [0, 0.1) is 0 Å². The smallest absolute Gasteiger partial charge is 0.0400 e. The maximum Gasteiger partial charge on any atom is 0.0400 e. The standard InChI is InChI=1S/C26H21N/c27-24-19-18-23(17-16-20-10-4-1-5-11-20)25(21-12-6-2-7-13-21)26(24)22-14-8-3-9-15-22/h1-19H,27H2.